The first-order valence-corrected chi connectivity index (χ1v) is 6.15. The zero-order valence-corrected chi connectivity index (χ0v) is 11.0. The summed E-state index contributed by atoms with van der Waals surface area (Å²) >= 11 is 0. The lowest BCUT2D eigenvalue weighted by Gasteiger charge is -2.08. The summed E-state index contributed by atoms with van der Waals surface area (Å²) in [5, 5.41) is 3.35. The molecule has 0 saturated heterocycles. The largest absolute Gasteiger partial charge is 0.385 e. The number of methoxy groups -OCH3 is 1. The topological polar surface area (TPSA) is 39.7 Å². The summed E-state index contributed by atoms with van der Waals surface area (Å²) in [6, 6.07) is 0.559. The summed E-state index contributed by atoms with van der Waals surface area (Å²) < 4.78 is 15.7. The zero-order valence-electron chi connectivity index (χ0n) is 11.0. The first-order chi connectivity index (χ1) is 7.77. The summed E-state index contributed by atoms with van der Waals surface area (Å²) in [4.78, 5) is 0. The van der Waals surface area contributed by atoms with Crippen molar-refractivity contribution in [3.05, 3.63) is 0 Å². The van der Waals surface area contributed by atoms with Gasteiger partial charge in [0.05, 0.1) is 13.2 Å². The second kappa shape index (κ2) is 12.9. The molecule has 98 valence electrons. The van der Waals surface area contributed by atoms with E-state index in [2.05, 4.69) is 19.2 Å². The zero-order chi connectivity index (χ0) is 12.1. The van der Waals surface area contributed by atoms with E-state index in [4.69, 9.17) is 14.2 Å². The van der Waals surface area contributed by atoms with Crippen molar-refractivity contribution in [1.82, 2.24) is 5.32 Å². The van der Waals surface area contributed by atoms with Gasteiger partial charge in [0.15, 0.2) is 0 Å². The van der Waals surface area contributed by atoms with Gasteiger partial charge in [-0.2, -0.15) is 0 Å². The van der Waals surface area contributed by atoms with E-state index in [-0.39, 0.29) is 0 Å². The molecule has 0 radical (unpaired) electrons. The van der Waals surface area contributed by atoms with Gasteiger partial charge < -0.3 is 19.5 Å². The second-order valence-electron chi connectivity index (χ2n) is 4.03. The highest BCUT2D eigenvalue weighted by atomic mass is 16.5. The van der Waals surface area contributed by atoms with Crippen molar-refractivity contribution in [2.24, 2.45) is 0 Å². The summed E-state index contributed by atoms with van der Waals surface area (Å²) in [5.41, 5.74) is 0. The van der Waals surface area contributed by atoms with Gasteiger partial charge in [-0.3, -0.25) is 0 Å². The van der Waals surface area contributed by atoms with Crippen LogP contribution in [0.5, 0.6) is 0 Å². The predicted octanol–water partition coefficient (Wildman–Crippen LogP) is 1.44. The Kier molecular flexibility index (Phi) is 12.8. The maximum Gasteiger partial charge on any atom is 0.0700 e. The molecule has 0 saturated carbocycles. The first-order valence-electron chi connectivity index (χ1n) is 6.15. The molecule has 0 atom stereocenters. The predicted molar refractivity (Wildman–Crippen MR) is 65.9 cm³/mol. The molecule has 0 aromatic rings. The fourth-order valence-electron chi connectivity index (χ4n) is 1.19. The SMILES string of the molecule is COCCCOCCOCCCNC(C)C. The number of rotatable bonds is 12. The van der Waals surface area contributed by atoms with Crippen LogP contribution in [0.1, 0.15) is 26.7 Å². The molecule has 0 rings (SSSR count). The van der Waals surface area contributed by atoms with Crippen LogP contribution in [0.4, 0.5) is 0 Å². The molecule has 0 aliphatic heterocycles. The van der Waals surface area contributed by atoms with E-state index in [0.29, 0.717) is 19.3 Å². The Morgan fingerprint density at radius 1 is 0.875 bits per heavy atom. The summed E-state index contributed by atoms with van der Waals surface area (Å²) in [5.74, 6) is 0. The van der Waals surface area contributed by atoms with Gasteiger partial charge in [0.2, 0.25) is 0 Å². The number of nitrogens with one attached hydrogen (secondary N) is 1. The maximum atomic E-state index is 5.43. The van der Waals surface area contributed by atoms with Crippen molar-refractivity contribution >= 4 is 0 Å². The smallest absolute Gasteiger partial charge is 0.0700 e. The molecular weight excluding hydrogens is 206 g/mol. The molecule has 0 heterocycles. The standard InChI is InChI=1S/C12H27NO3/c1-12(2)13-6-4-8-15-10-11-16-9-5-7-14-3/h12-13H,4-11H2,1-3H3. The Morgan fingerprint density at radius 3 is 2.06 bits per heavy atom. The molecule has 0 aliphatic rings. The van der Waals surface area contributed by atoms with Gasteiger partial charge in [-0.25, -0.2) is 0 Å². The Labute approximate surface area is 99.6 Å². The minimum atomic E-state index is 0.559. The van der Waals surface area contributed by atoms with Gasteiger partial charge >= 0.3 is 0 Å². The number of ether oxygens (including phenoxy) is 3. The molecule has 16 heavy (non-hydrogen) atoms. The van der Waals surface area contributed by atoms with E-state index < -0.39 is 0 Å². The molecule has 4 nitrogen and oxygen atoms in total. The van der Waals surface area contributed by atoms with Gasteiger partial charge in [-0.05, 0) is 19.4 Å². The van der Waals surface area contributed by atoms with Gasteiger partial charge in [0, 0.05) is 33.0 Å². The van der Waals surface area contributed by atoms with Crippen molar-refractivity contribution in [2.75, 3.05) is 46.7 Å². The Hall–Kier alpha value is -0.160. The highest BCUT2D eigenvalue weighted by molar-refractivity contribution is 4.51. The van der Waals surface area contributed by atoms with Crippen LogP contribution in [0.3, 0.4) is 0 Å². The summed E-state index contributed by atoms with van der Waals surface area (Å²) in [6.07, 6.45) is 2.01. The Bertz CT molecular complexity index is 131. The van der Waals surface area contributed by atoms with Crippen LogP contribution < -0.4 is 5.32 Å². The average molecular weight is 233 g/mol. The van der Waals surface area contributed by atoms with Crippen LogP contribution in [0.2, 0.25) is 0 Å². The monoisotopic (exact) mass is 233 g/mol. The Balaban J connectivity index is 2.88. The molecule has 1 N–H and O–H groups in total. The highest BCUT2D eigenvalue weighted by Gasteiger charge is 1.93. The van der Waals surface area contributed by atoms with E-state index >= 15 is 0 Å². The third kappa shape index (κ3) is 13.8. The van der Waals surface area contributed by atoms with Crippen molar-refractivity contribution in [2.45, 2.75) is 32.7 Å². The molecule has 0 unspecified atom stereocenters. The van der Waals surface area contributed by atoms with Crippen molar-refractivity contribution in [1.29, 1.82) is 0 Å². The van der Waals surface area contributed by atoms with Gasteiger partial charge in [-0.1, -0.05) is 13.8 Å². The lowest BCUT2D eigenvalue weighted by molar-refractivity contribution is 0.0391. The minimum absolute atomic E-state index is 0.559. The Morgan fingerprint density at radius 2 is 1.50 bits per heavy atom. The molecular formula is C12H27NO3. The lowest BCUT2D eigenvalue weighted by Crippen LogP contribution is -2.24. The molecule has 0 aromatic carbocycles. The van der Waals surface area contributed by atoms with Crippen molar-refractivity contribution < 1.29 is 14.2 Å². The van der Waals surface area contributed by atoms with Gasteiger partial charge in [-0.15, -0.1) is 0 Å². The van der Waals surface area contributed by atoms with Gasteiger partial charge in [0.1, 0.15) is 0 Å². The van der Waals surface area contributed by atoms with E-state index in [1.807, 2.05) is 0 Å². The van der Waals surface area contributed by atoms with Crippen LogP contribution in [0.15, 0.2) is 0 Å². The summed E-state index contributed by atoms with van der Waals surface area (Å²) in [7, 11) is 1.70. The van der Waals surface area contributed by atoms with Crippen LogP contribution >= 0.6 is 0 Å². The van der Waals surface area contributed by atoms with Crippen LogP contribution in [-0.2, 0) is 14.2 Å². The van der Waals surface area contributed by atoms with Crippen LogP contribution in [-0.4, -0.2) is 52.7 Å². The molecule has 0 spiro atoms. The normalized spacial score (nSPS) is 11.2. The van der Waals surface area contributed by atoms with E-state index in [9.17, 15) is 0 Å². The maximum absolute atomic E-state index is 5.43. The first kappa shape index (κ1) is 15.8. The minimum Gasteiger partial charge on any atom is -0.385 e. The third-order valence-electron chi connectivity index (χ3n) is 2.03. The third-order valence-corrected chi connectivity index (χ3v) is 2.03. The van der Waals surface area contributed by atoms with Crippen LogP contribution in [0, 0.1) is 0 Å². The van der Waals surface area contributed by atoms with Crippen LogP contribution in [0.25, 0.3) is 0 Å². The average Bonchev–Trinajstić information content (AvgIpc) is 2.25. The lowest BCUT2D eigenvalue weighted by atomic mass is 10.3. The molecule has 0 fully saturated rings. The van der Waals surface area contributed by atoms with E-state index in [1.54, 1.807) is 7.11 Å². The van der Waals surface area contributed by atoms with E-state index in [0.717, 1.165) is 39.2 Å². The van der Waals surface area contributed by atoms with Gasteiger partial charge in [0.25, 0.3) is 0 Å². The number of hydrogen-bond acceptors (Lipinski definition) is 4. The molecule has 4 heteroatoms. The number of hydrogen-bond donors (Lipinski definition) is 1. The highest BCUT2D eigenvalue weighted by Crippen LogP contribution is 1.86. The quantitative estimate of drug-likeness (QED) is 0.518. The second-order valence-corrected chi connectivity index (χ2v) is 4.03. The molecule has 0 bridgehead atoms. The molecule has 0 amide bonds. The molecule has 0 aromatic heterocycles. The summed E-state index contributed by atoms with van der Waals surface area (Å²) in [6.45, 7) is 9.01. The van der Waals surface area contributed by atoms with E-state index in [1.165, 1.54) is 0 Å². The van der Waals surface area contributed by atoms with Crippen molar-refractivity contribution in [3.63, 3.8) is 0 Å². The fraction of sp³-hybridized carbons (Fsp3) is 1.00. The molecule has 0 aliphatic carbocycles. The van der Waals surface area contributed by atoms with Crippen molar-refractivity contribution in [3.8, 4) is 0 Å². The fourth-order valence-corrected chi connectivity index (χ4v) is 1.19.